The number of aliphatic hydroxyl groups excluding tert-OH is 1. The summed E-state index contributed by atoms with van der Waals surface area (Å²) in [4.78, 5) is 16.0. The molecule has 1 aliphatic heterocycles. The Labute approximate surface area is 244 Å². The first-order valence-electron chi connectivity index (χ1n) is 14.2. The maximum atomic E-state index is 14.3. The van der Waals surface area contributed by atoms with E-state index in [0.717, 1.165) is 34.3 Å². The summed E-state index contributed by atoms with van der Waals surface area (Å²) in [5.41, 5.74) is 4.88. The number of benzene rings is 2. The van der Waals surface area contributed by atoms with Crippen molar-refractivity contribution in [2.45, 2.75) is 38.1 Å². The fraction of sp³-hybridized carbons (Fsp3) is 0.406. The summed E-state index contributed by atoms with van der Waals surface area (Å²) >= 11 is 0. The van der Waals surface area contributed by atoms with E-state index in [1.54, 1.807) is 24.1 Å². The quantitative estimate of drug-likeness (QED) is 0.268. The summed E-state index contributed by atoms with van der Waals surface area (Å²) in [5.74, 6) is -2.05. The predicted octanol–water partition coefficient (Wildman–Crippen LogP) is 4.47. The van der Waals surface area contributed by atoms with Crippen LogP contribution in [-0.2, 0) is 23.0 Å². The molecule has 0 amide bonds. The van der Waals surface area contributed by atoms with Crippen LogP contribution < -0.4 is 0 Å². The Bertz CT molecular complexity index is 1510. The highest BCUT2D eigenvalue weighted by Gasteiger charge is 2.38. The van der Waals surface area contributed by atoms with Gasteiger partial charge in [0.2, 0.25) is 0 Å². The standard InChI is InChI=1S/C32H37F2N5O3/c1-21-31(39(25-7-5-4-6-8-25)36-32(21)24-16-35-37(2)17-24)15-27(41)13-23-18-38(26(11-12-40)20-42-3)19-28(23)22-9-10-29(33)30(34)14-22/h4-10,14,16-17,23,26,28,40H,11-13,15,18-20H2,1-3H3/t23-,26?,28+/m1/s1. The first-order valence-corrected chi connectivity index (χ1v) is 14.2. The van der Waals surface area contributed by atoms with Gasteiger partial charge in [0.15, 0.2) is 11.6 Å². The number of carbonyl (C=O) groups excluding carboxylic acids is 1. The third-order valence-electron chi connectivity index (χ3n) is 8.26. The van der Waals surface area contributed by atoms with Crippen molar-refractivity contribution in [2.75, 3.05) is 33.4 Å². The van der Waals surface area contributed by atoms with Gasteiger partial charge in [-0.05, 0) is 54.7 Å². The number of ether oxygens (including phenoxy) is 1. The van der Waals surface area contributed by atoms with Crippen LogP contribution in [0.25, 0.3) is 16.9 Å². The second-order valence-electron chi connectivity index (χ2n) is 11.1. The van der Waals surface area contributed by atoms with Crippen LogP contribution in [0.1, 0.15) is 35.6 Å². The maximum Gasteiger partial charge on any atom is 0.159 e. The number of carbonyl (C=O) groups is 1. The van der Waals surface area contributed by atoms with Gasteiger partial charge in [0.25, 0.3) is 0 Å². The molecule has 0 spiro atoms. The van der Waals surface area contributed by atoms with Gasteiger partial charge in [-0.15, -0.1) is 0 Å². The fourth-order valence-corrected chi connectivity index (χ4v) is 6.13. The number of methoxy groups -OCH3 is 1. The van der Waals surface area contributed by atoms with Crippen LogP contribution in [0.3, 0.4) is 0 Å². The summed E-state index contributed by atoms with van der Waals surface area (Å²) in [5, 5.41) is 18.8. The van der Waals surface area contributed by atoms with Crippen molar-refractivity contribution in [1.29, 1.82) is 0 Å². The number of aryl methyl sites for hydroxylation is 1. The number of ketones is 1. The summed E-state index contributed by atoms with van der Waals surface area (Å²) in [6.07, 6.45) is 4.62. The average Bonchev–Trinajstić information content (AvgIpc) is 3.68. The number of hydrogen-bond acceptors (Lipinski definition) is 6. The van der Waals surface area contributed by atoms with E-state index >= 15 is 0 Å². The molecule has 1 fully saturated rings. The third kappa shape index (κ3) is 6.35. The molecule has 10 heteroatoms. The zero-order valence-corrected chi connectivity index (χ0v) is 24.2. The van der Waals surface area contributed by atoms with E-state index in [9.17, 15) is 18.7 Å². The monoisotopic (exact) mass is 577 g/mol. The minimum Gasteiger partial charge on any atom is -0.396 e. The molecule has 0 saturated carbocycles. The van der Waals surface area contributed by atoms with Gasteiger partial charge >= 0.3 is 0 Å². The van der Waals surface area contributed by atoms with Gasteiger partial charge in [-0.1, -0.05) is 24.3 Å². The molecule has 222 valence electrons. The number of Topliss-reactive ketones (excluding diaryl/α,β-unsaturated/α-hetero) is 1. The molecule has 0 bridgehead atoms. The van der Waals surface area contributed by atoms with Gasteiger partial charge in [0.05, 0.1) is 29.9 Å². The number of nitrogens with zero attached hydrogens (tertiary/aromatic N) is 5. The van der Waals surface area contributed by atoms with Gasteiger partial charge in [-0.2, -0.15) is 10.2 Å². The highest BCUT2D eigenvalue weighted by Crippen LogP contribution is 2.37. The van der Waals surface area contributed by atoms with Gasteiger partial charge in [-0.25, -0.2) is 13.5 Å². The Balaban J connectivity index is 1.44. The van der Waals surface area contributed by atoms with Gasteiger partial charge < -0.3 is 9.84 Å². The number of aliphatic hydroxyl groups is 1. The molecule has 4 aromatic rings. The topological polar surface area (TPSA) is 85.4 Å². The van der Waals surface area contributed by atoms with E-state index in [1.807, 2.05) is 55.2 Å². The van der Waals surface area contributed by atoms with Crippen molar-refractivity contribution in [1.82, 2.24) is 24.5 Å². The van der Waals surface area contributed by atoms with Crippen molar-refractivity contribution in [3.63, 3.8) is 0 Å². The van der Waals surface area contributed by atoms with Crippen LogP contribution in [0.4, 0.5) is 8.78 Å². The molecule has 5 rings (SSSR count). The number of aromatic nitrogens is 4. The Hall–Kier alpha value is -3.73. The van der Waals surface area contributed by atoms with Crippen molar-refractivity contribution in [2.24, 2.45) is 13.0 Å². The van der Waals surface area contributed by atoms with Crippen molar-refractivity contribution in [3.8, 4) is 16.9 Å². The van der Waals surface area contributed by atoms with Gasteiger partial charge in [-0.3, -0.25) is 14.4 Å². The Kier molecular flexibility index (Phi) is 9.25. The molecule has 0 radical (unpaired) electrons. The van der Waals surface area contributed by atoms with Crippen molar-refractivity contribution in [3.05, 3.63) is 89.4 Å². The summed E-state index contributed by atoms with van der Waals surface area (Å²) in [6, 6.07) is 13.7. The molecule has 3 atom stereocenters. The summed E-state index contributed by atoms with van der Waals surface area (Å²) in [6.45, 7) is 3.55. The van der Waals surface area contributed by atoms with Gasteiger partial charge in [0, 0.05) is 70.4 Å². The smallest absolute Gasteiger partial charge is 0.159 e. The lowest BCUT2D eigenvalue weighted by atomic mass is 9.85. The first-order chi connectivity index (χ1) is 20.3. The van der Waals surface area contributed by atoms with Crippen LogP contribution in [0.2, 0.25) is 0 Å². The Morgan fingerprint density at radius 2 is 1.93 bits per heavy atom. The second kappa shape index (κ2) is 13.1. The minimum absolute atomic E-state index is 0.00594. The van der Waals surface area contributed by atoms with Crippen LogP contribution in [0.5, 0.6) is 0 Å². The van der Waals surface area contributed by atoms with Crippen LogP contribution >= 0.6 is 0 Å². The number of para-hydroxylation sites is 1. The Morgan fingerprint density at radius 3 is 2.60 bits per heavy atom. The molecule has 0 aliphatic carbocycles. The predicted molar refractivity (Wildman–Crippen MR) is 155 cm³/mol. The molecule has 3 heterocycles. The molecule has 1 aliphatic rings. The van der Waals surface area contributed by atoms with E-state index in [1.165, 1.54) is 6.07 Å². The maximum absolute atomic E-state index is 14.3. The number of likely N-dealkylation sites (tertiary alicyclic amines) is 1. The Morgan fingerprint density at radius 1 is 1.14 bits per heavy atom. The van der Waals surface area contributed by atoms with Crippen LogP contribution in [0, 0.1) is 24.5 Å². The van der Waals surface area contributed by atoms with Crippen molar-refractivity contribution < 1.29 is 23.4 Å². The molecule has 8 nitrogen and oxygen atoms in total. The van der Waals surface area contributed by atoms with Crippen LogP contribution in [0.15, 0.2) is 60.9 Å². The lowest BCUT2D eigenvalue weighted by Gasteiger charge is -2.27. The lowest BCUT2D eigenvalue weighted by molar-refractivity contribution is -0.119. The average molecular weight is 578 g/mol. The molecule has 2 aromatic carbocycles. The van der Waals surface area contributed by atoms with E-state index in [0.29, 0.717) is 31.7 Å². The van der Waals surface area contributed by atoms with E-state index in [4.69, 9.17) is 9.84 Å². The van der Waals surface area contributed by atoms with E-state index < -0.39 is 11.6 Å². The highest BCUT2D eigenvalue weighted by atomic mass is 19.2. The second-order valence-corrected chi connectivity index (χ2v) is 11.1. The zero-order chi connectivity index (χ0) is 29.8. The summed E-state index contributed by atoms with van der Waals surface area (Å²) in [7, 11) is 3.47. The molecular weight excluding hydrogens is 540 g/mol. The SMILES string of the molecule is COCC(CCO)N1C[C@@H](CC(=O)Cc2c(C)c(-c3cnn(C)c3)nn2-c2ccccc2)[C@H](c2ccc(F)c(F)c2)C1. The van der Waals surface area contributed by atoms with Crippen molar-refractivity contribution >= 4 is 5.78 Å². The van der Waals surface area contributed by atoms with E-state index in [-0.39, 0.29) is 43.1 Å². The molecular formula is C32H37F2N5O3. The van der Waals surface area contributed by atoms with Gasteiger partial charge in [0.1, 0.15) is 5.78 Å². The number of rotatable bonds is 12. The summed E-state index contributed by atoms with van der Waals surface area (Å²) < 4.78 is 37.0. The fourth-order valence-electron chi connectivity index (χ4n) is 6.13. The molecule has 42 heavy (non-hydrogen) atoms. The largest absolute Gasteiger partial charge is 0.396 e. The first kappa shape index (κ1) is 29.8. The zero-order valence-electron chi connectivity index (χ0n) is 24.2. The lowest BCUT2D eigenvalue weighted by Crippen LogP contribution is -2.38. The molecule has 1 N–H and O–H groups in total. The third-order valence-corrected chi connectivity index (χ3v) is 8.26. The molecule has 1 unspecified atom stereocenters. The number of halogens is 2. The number of hydrogen-bond donors (Lipinski definition) is 1. The normalized spacial score (nSPS) is 18.0. The molecule has 1 saturated heterocycles. The van der Waals surface area contributed by atoms with Crippen LogP contribution in [-0.4, -0.2) is 74.8 Å². The molecule has 2 aromatic heterocycles. The minimum atomic E-state index is -0.898. The van der Waals surface area contributed by atoms with E-state index in [2.05, 4.69) is 10.00 Å². The highest BCUT2D eigenvalue weighted by molar-refractivity contribution is 5.82.